The first-order chi connectivity index (χ1) is 11.5. The Morgan fingerprint density at radius 1 is 1.21 bits per heavy atom. The van der Waals surface area contributed by atoms with Gasteiger partial charge in [0.2, 0.25) is 11.8 Å². The third-order valence-electron chi connectivity index (χ3n) is 4.85. The normalized spacial score (nSPS) is 24.3. The van der Waals surface area contributed by atoms with Gasteiger partial charge in [0.25, 0.3) is 0 Å². The number of ether oxygens (including phenoxy) is 1. The zero-order valence-electron chi connectivity index (χ0n) is 14.4. The molecule has 0 saturated carbocycles. The molecule has 0 radical (unpaired) electrons. The second kappa shape index (κ2) is 6.91. The van der Waals surface area contributed by atoms with Crippen LogP contribution in [0.5, 0.6) is 0 Å². The van der Waals surface area contributed by atoms with E-state index < -0.39 is 0 Å². The number of rotatable bonds is 3. The van der Waals surface area contributed by atoms with Crippen LogP contribution in [0.2, 0.25) is 0 Å². The Labute approximate surface area is 143 Å². The van der Waals surface area contributed by atoms with E-state index in [0.717, 1.165) is 25.2 Å². The average Bonchev–Trinajstić information content (AvgIpc) is 2.93. The number of nitrogens with zero attached hydrogens (tertiary/aromatic N) is 3. The van der Waals surface area contributed by atoms with Crippen molar-refractivity contribution < 1.29 is 14.3 Å². The average molecular weight is 331 g/mol. The lowest BCUT2D eigenvalue weighted by molar-refractivity contribution is -0.147. The molecule has 2 heterocycles. The summed E-state index contributed by atoms with van der Waals surface area (Å²) >= 11 is 0. The van der Waals surface area contributed by atoms with Gasteiger partial charge in [0.1, 0.15) is 6.54 Å². The molecule has 2 amide bonds. The molecule has 0 N–H and O–H groups in total. The first-order valence-corrected chi connectivity index (χ1v) is 8.43. The van der Waals surface area contributed by atoms with Crippen LogP contribution in [0.25, 0.3) is 0 Å². The van der Waals surface area contributed by atoms with Gasteiger partial charge in [-0.2, -0.15) is 0 Å². The number of hydrogen-bond donors (Lipinski definition) is 0. The van der Waals surface area contributed by atoms with Gasteiger partial charge >= 0.3 is 0 Å². The van der Waals surface area contributed by atoms with Crippen molar-refractivity contribution in [2.75, 3.05) is 51.3 Å². The Morgan fingerprint density at radius 3 is 2.58 bits per heavy atom. The van der Waals surface area contributed by atoms with Crippen LogP contribution in [0, 0.1) is 0 Å². The molecule has 6 nitrogen and oxygen atoms in total. The van der Waals surface area contributed by atoms with E-state index in [4.69, 9.17) is 4.74 Å². The van der Waals surface area contributed by atoms with Crippen LogP contribution in [0.3, 0.4) is 0 Å². The summed E-state index contributed by atoms with van der Waals surface area (Å²) in [6.07, 6.45) is 0.947. The number of likely N-dealkylation sites (N-methyl/N-ethyl adjacent to an activating group) is 1. The summed E-state index contributed by atoms with van der Waals surface area (Å²) in [6.45, 7) is 5.17. The molecule has 2 aliphatic rings. The summed E-state index contributed by atoms with van der Waals surface area (Å²) < 4.78 is 6.00. The predicted octanol–water partition coefficient (Wildman–Crippen LogP) is 0.973. The van der Waals surface area contributed by atoms with Crippen LogP contribution < -0.4 is 4.90 Å². The lowest BCUT2D eigenvalue weighted by Gasteiger charge is -2.41. The van der Waals surface area contributed by atoms with E-state index in [-0.39, 0.29) is 24.0 Å². The van der Waals surface area contributed by atoms with Crippen molar-refractivity contribution in [1.82, 2.24) is 9.80 Å². The van der Waals surface area contributed by atoms with E-state index >= 15 is 0 Å². The smallest absolute Gasteiger partial charge is 0.242 e. The standard InChI is InChI=1S/C18H25N3O3/c1-15(22)21(16-6-4-3-5-7-16)12-17(23)20-10-11-24-18(14-20)8-9-19(2)13-18/h3-7H,8-14H2,1-2H3. The quantitative estimate of drug-likeness (QED) is 0.828. The highest BCUT2D eigenvalue weighted by atomic mass is 16.5. The Bertz CT molecular complexity index is 603. The van der Waals surface area contributed by atoms with Crippen molar-refractivity contribution in [2.24, 2.45) is 0 Å². The zero-order valence-corrected chi connectivity index (χ0v) is 14.4. The molecular weight excluding hydrogens is 306 g/mol. The van der Waals surface area contributed by atoms with Crippen LogP contribution in [-0.2, 0) is 14.3 Å². The van der Waals surface area contributed by atoms with Gasteiger partial charge in [0, 0.05) is 32.2 Å². The van der Waals surface area contributed by atoms with E-state index in [1.807, 2.05) is 35.2 Å². The number of anilines is 1. The first-order valence-electron chi connectivity index (χ1n) is 8.43. The summed E-state index contributed by atoms with van der Waals surface area (Å²) in [4.78, 5) is 30.4. The van der Waals surface area contributed by atoms with Gasteiger partial charge < -0.3 is 19.4 Å². The Kier molecular flexibility index (Phi) is 4.87. The molecule has 2 aliphatic heterocycles. The number of carbonyl (C=O) groups excluding carboxylic acids is 2. The molecule has 3 rings (SSSR count). The minimum absolute atomic E-state index is 0.0220. The fourth-order valence-electron chi connectivity index (χ4n) is 3.58. The molecule has 2 fully saturated rings. The summed E-state index contributed by atoms with van der Waals surface area (Å²) in [6, 6.07) is 9.33. The van der Waals surface area contributed by atoms with Crippen LogP contribution >= 0.6 is 0 Å². The monoisotopic (exact) mass is 331 g/mol. The summed E-state index contributed by atoms with van der Waals surface area (Å²) in [5.74, 6) is -0.149. The molecule has 0 bridgehead atoms. The third-order valence-corrected chi connectivity index (χ3v) is 4.85. The summed E-state index contributed by atoms with van der Waals surface area (Å²) in [5, 5.41) is 0. The largest absolute Gasteiger partial charge is 0.370 e. The molecule has 1 spiro atoms. The molecular formula is C18H25N3O3. The number of likely N-dealkylation sites (tertiary alicyclic amines) is 1. The van der Waals surface area contributed by atoms with Gasteiger partial charge in [0.15, 0.2) is 0 Å². The highest BCUT2D eigenvalue weighted by Crippen LogP contribution is 2.28. The van der Waals surface area contributed by atoms with E-state index in [1.54, 1.807) is 0 Å². The number of benzene rings is 1. The molecule has 24 heavy (non-hydrogen) atoms. The zero-order chi connectivity index (χ0) is 17.2. The molecule has 6 heteroatoms. The van der Waals surface area contributed by atoms with Gasteiger partial charge in [0.05, 0.1) is 18.8 Å². The third kappa shape index (κ3) is 3.60. The lowest BCUT2D eigenvalue weighted by atomic mass is 10.0. The number of para-hydroxylation sites is 1. The van der Waals surface area contributed by atoms with Crippen molar-refractivity contribution in [3.63, 3.8) is 0 Å². The molecule has 1 aromatic rings. The van der Waals surface area contributed by atoms with Gasteiger partial charge in [-0.05, 0) is 25.6 Å². The van der Waals surface area contributed by atoms with Gasteiger partial charge in [-0.1, -0.05) is 18.2 Å². The van der Waals surface area contributed by atoms with E-state index in [0.29, 0.717) is 19.7 Å². The summed E-state index contributed by atoms with van der Waals surface area (Å²) in [7, 11) is 2.08. The fourth-order valence-corrected chi connectivity index (χ4v) is 3.58. The maximum atomic E-state index is 12.8. The second-order valence-corrected chi connectivity index (χ2v) is 6.78. The van der Waals surface area contributed by atoms with Crippen LogP contribution in [0.4, 0.5) is 5.69 Å². The highest BCUT2D eigenvalue weighted by molar-refractivity contribution is 5.97. The van der Waals surface area contributed by atoms with Crippen molar-refractivity contribution in [2.45, 2.75) is 18.9 Å². The van der Waals surface area contributed by atoms with Crippen LogP contribution in [0.15, 0.2) is 30.3 Å². The van der Waals surface area contributed by atoms with Crippen molar-refractivity contribution in [3.05, 3.63) is 30.3 Å². The highest BCUT2D eigenvalue weighted by Gasteiger charge is 2.42. The second-order valence-electron chi connectivity index (χ2n) is 6.78. The topological polar surface area (TPSA) is 53.1 Å². The maximum absolute atomic E-state index is 12.8. The van der Waals surface area contributed by atoms with Crippen molar-refractivity contribution in [3.8, 4) is 0 Å². The minimum atomic E-state index is -0.240. The lowest BCUT2D eigenvalue weighted by Crippen LogP contribution is -2.56. The molecule has 0 aliphatic carbocycles. The van der Waals surface area contributed by atoms with E-state index in [1.165, 1.54) is 11.8 Å². The van der Waals surface area contributed by atoms with Gasteiger partial charge in [-0.3, -0.25) is 9.59 Å². The van der Waals surface area contributed by atoms with Crippen molar-refractivity contribution >= 4 is 17.5 Å². The molecule has 1 atom stereocenters. The maximum Gasteiger partial charge on any atom is 0.242 e. The van der Waals surface area contributed by atoms with Gasteiger partial charge in [-0.15, -0.1) is 0 Å². The number of carbonyl (C=O) groups is 2. The van der Waals surface area contributed by atoms with E-state index in [2.05, 4.69) is 11.9 Å². The van der Waals surface area contributed by atoms with E-state index in [9.17, 15) is 9.59 Å². The number of morpholine rings is 1. The molecule has 130 valence electrons. The SMILES string of the molecule is CC(=O)N(CC(=O)N1CCOC2(CCN(C)C2)C1)c1ccccc1. The van der Waals surface area contributed by atoms with Crippen LogP contribution in [-0.4, -0.2) is 73.6 Å². The predicted molar refractivity (Wildman–Crippen MR) is 91.8 cm³/mol. The molecule has 1 aromatic carbocycles. The number of hydrogen-bond acceptors (Lipinski definition) is 4. The molecule has 0 aromatic heterocycles. The van der Waals surface area contributed by atoms with Crippen molar-refractivity contribution in [1.29, 1.82) is 0 Å². The first kappa shape index (κ1) is 16.9. The number of amides is 2. The minimum Gasteiger partial charge on any atom is -0.370 e. The summed E-state index contributed by atoms with van der Waals surface area (Å²) in [5.41, 5.74) is 0.512. The molecule has 1 unspecified atom stereocenters. The Balaban J connectivity index is 1.68. The fraction of sp³-hybridized carbons (Fsp3) is 0.556. The van der Waals surface area contributed by atoms with Gasteiger partial charge in [-0.25, -0.2) is 0 Å². The van der Waals surface area contributed by atoms with Crippen LogP contribution in [0.1, 0.15) is 13.3 Å². The Hall–Kier alpha value is -1.92. The molecule has 2 saturated heterocycles. The Morgan fingerprint density at radius 2 is 1.96 bits per heavy atom.